The average Bonchev–Trinajstić information content (AvgIpc) is 3.60. The topological polar surface area (TPSA) is 190 Å². The van der Waals surface area contributed by atoms with Gasteiger partial charge in [0.2, 0.25) is 0 Å². The Morgan fingerprint density at radius 1 is 0.750 bits per heavy atom. The number of methoxy groups -OCH3 is 1. The highest BCUT2D eigenvalue weighted by atomic mass is 127. The second-order valence-corrected chi connectivity index (χ2v) is 13.9. The number of hydrogen-bond donors (Lipinski definition) is 5. The first kappa shape index (κ1) is 42.3. The van der Waals surface area contributed by atoms with E-state index in [0.29, 0.717) is 62.5 Å². The summed E-state index contributed by atoms with van der Waals surface area (Å²) in [5, 5.41) is 11.1. The number of carbonyl (C=O) groups is 1. The van der Waals surface area contributed by atoms with Crippen molar-refractivity contribution in [2.75, 3.05) is 39.9 Å². The van der Waals surface area contributed by atoms with Crippen LogP contribution in [0.3, 0.4) is 0 Å². The second-order valence-electron chi connectivity index (χ2n) is 12.4. The van der Waals surface area contributed by atoms with E-state index in [9.17, 15) is 4.79 Å². The number of nitrogens with two attached hydrogens (primary N) is 3. The average molecular weight is 955 g/mol. The summed E-state index contributed by atoms with van der Waals surface area (Å²) in [4.78, 5) is 21.2. The summed E-state index contributed by atoms with van der Waals surface area (Å²) in [6.45, 7) is 6.13. The number of nitrogens with one attached hydrogen (secondary N) is 2. The third-order valence-corrected chi connectivity index (χ3v) is 9.11. The van der Waals surface area contributed by atoms with E-state index in [1.807, 2.05) is 73.7 Å². The van der Waals surface area contributed by atoms with Crippen LogP contribution in [-0.2, 0) is 5.41 Å². The van der Waals surface area contributed by atoms with Crippen molar-refractivity contribution in [1.82, 2.24) is 19.7 Å². The molecule has 2 amide bonds. The van der Waals surface area contributed by atoms with Gasteiger partial charge in [0.05, 0.1) is 39.9 Å². The molecule has 6 rings (SSSR count). The van der Waals surface area contributed by atoms with Gasteiger partial charge in [-0.25, -0.2) is 19.4 Å². The number of nitrogen functional groups attached to an aromatic ring is 3. The number of urea groups is 1. The summed E-state index contributed by atoms with van der Waals surface area (Å²) >= 11 is 26.7. The zero-order chi connectivity index (χ0) is 41.9. The number of hydrogen-bond acceptors (Lipinski definition) is 10. The first-order valence-electron chi connectivity index (χ1n) is 16.9. The monoisotopic (exact) mass is 952 g/mol. The molecule has 0 fully saturated rings. The number of carbonyl (C=O) groups excluding carboxylic acids is 1. The molecule has 13 nitrogen and oxygen atoms in total. The van der Waals surface area contributed by atoms with E-state index >= 15 is 0 Å². The number of anilines is 5. The van der Waals surface area contributed by atoms with Gasteiger partial charge in [-0.2, -0.15) is 5.10 Å². The Hall–Kier alpha value is -4.87. The highest BCUT2D eigenvalue weighted by molar-refractivity contribution is 14.1. The maximum Gasteiger partial charge on any atom is 0.324 e. The van der Waals surface area contributed by atoms with E-state index in [1.54, 1.807) is 60.3 Å². The molecule has 3 heterocycles. The molecular formula is C38H38Cl4IN9O4. The zero-order valence-corrected chi connectivity index (χ0v) is 35.6. The Balaban J connectivity index is 0.000000298. The molecule has 0 bridgehead atoms. The maximum atomic E-state index is 13.0. The highest BCUT2D eigenvalue weighted by Crippen LogP contribution is 2.40. The Morgan fingerprint density at radius 2 is 1.29 bits per heavy atom. The second kappa shape index (κ2) is 19.8. The van der Waals surface area contributed by atoms with Crippen molar-refractivity contribution >= 4 is 104 Å². The smallest absolute Gasteiger partial charge is 0.324 e. The van der Waals surface area contributed by atoms with Gasteiger partial charge in [0.15, 0.2) is 0 Å². The molecule has 56 heavy (non-hydrogen) atoms. The Bertz CT molecular complexity index is 2310. The number of aromatic nitrogens is 4. The molecule has 8 N–H and O–H groups in total. The van der Waals surface area contributed by atoms with E-state index in [4.69, 9.17) is 84.3 Å². The molecule has 0 aliphatic rings. The Labute approximate surface area is 359 Å². The van der Waals surface area contributed by atoms with Gasteiger partial charge in [-0.1, -0.05) is 89.8 Å². The molecule has 0 atom stereocenters. The molecule has 18 heteroatoms. The summed E-state index contributed by atoms with van der Waals surface area (Å²) in [5.74, 6) is 3.55. The fourth-order valence-electron chi connectivity index (χ4n) is 4.60. The lowest BCUT2D eigenvalue weighted by atomic mass is 9.92. The van der Waals surface area contributed by atoms with Crippen LogP contribution >= 0.6 is 69.0 Å². The summed E-state index contributed by atoms with van der Waals surface area (Å²) in [7, 11) is 1.60. The lowest BCUT2D eigenvalue weighted by Crippen LogP contribution is -2.21. The number of halogens is 5. The number of ether oxygens (including phenoxy) is 3. The largest absolute Gasteiger partial charge is 0.497 e. The number of rotatable bonds is 8. The van der Waals surface area contributed by atoms with Crippen LogP contribution in [-0.4, -0.2) is 37.8 Å². The first-order chi connectivity index (χ1) is 27.0. The molecule has 0 saturated heterocycles. The number of amides is 2. The van der Waals surface area contributed by atoms with Crippen LogP contribution in [0.5, 0.6) is 28.7 Å². The molecule has 6 aromatic rings. The van der Waals surface area contributed by atoms with Crippen molar-refractivity contribution in [3.63, 3.8) is 0 Å². The van der Waals surface area contributed by atoms with Gasteiger partial charge in [-0.3, -0.25) is 5.32 Å². The van der Waals surface area contributed by atoms with Crippen molar-refractivity contribution in [2.24, 2.45) is 0 Å². The Morgan fingerprint density at radius 3 is 1.80 bits per heavy atom. The number of nitrogens with zero attached hydrogens (tertiary/aromatic N) is 4. The molecule has 3 aromatic carbocycles. The van der Waals surface area contributed by atoms with Crippen molar-refractivity contribution in [3.8, 4) is 34.4 Å². The van der Waals surface area contributed by atoms with E-state index in [1.165, 1.54) is 12.4 Å². The third-order valence-electron chi connectivity index (χ3n) is 7.37. The van der Waals surface area contributed by atoms with Gasteiger partial charge >= 0.3 is 6.03 Å². The molecule has 0 unspecified atom stereocenters. The summed E-state index contributed by atoms with van der Waals surface area (Å²) in [6, 6.07) is 21.5. The molecule has 294 valence electrons. The molecule has 0 aliphatic heterocycles. The van der Waals surface area contributed by atoms with Gasteiger partial charge in [-0.05, 0) is 65.6 Å². The maximum absolute atomic E-state index is 13.0. The first-order valence-corrected chi connectivity index (χ1v) is 19.3. The van der Waals surface area contributed by atoms with E-state index < -0.39 is 6.03 Å². The van der Waals surface area contributed by atoms with Crippen molar-refractivity contribution in [1.29, 1.82) is 0 Å². The van der Waals surface area contributed by atoms with Crippen LogP contribution in [0, 0.1) is 0 Å². The molecule has 0 saturated carbocycles. The van der Waals surface area contributed by atoms with Gasteiger partial charge in [-0.15, -0.1) is 0 Å². The Kier molecular flexibility index (Phi) is 15.0. The quantitative estimate of drug-likeness (QED) is 0.0557. The van der Waals surface area contributed by atoms with Crippen LogP contribution < -0.4 is 42.0 Å². The predicted octanol–water partition coefficient (Wildman–Crippen LogP) is 11.3. The fourth-order valence-corrected chi connectivity index (χ4v) is 5.37. The normalized spacial score (nSPS) is 10.8. The van der Waals surface area contributed by atoms with Crippen LogP contribution in [0.2, 0.25) is 20.1 Å². The summed E-state index contributed by atoms with van der Waals surface area (Å²) in [6.07, 6.45) is 3.06. The summed E-state index contributed by atoms with van der Waals surface area (Å²) < 4.78 is 24.4. The van der Waals surface area contributed by atoms with E-state index in [0.717, 1.165) is 11.4 Å². The van der Waals surface area contributed by atoms with Crippen molar-refractivity contribution in [2.45, 2.75) is 26.2 Å². The van der Waals surface area contributed by atoms with Gasteiger partial charge < -0.3 is 36.7 Å². The predicted molar refractivity (Wildman–Crippen MR) is 236 cm³/mol. The molecular weight excluding hydrogens is 915 g/mol. The zero-order valence-electron chi connectivity index (χ0n) is 31.4. The minimum atomic E-state index is -0.524. The van der Waals surface area contributed by atoms with Crippen LogP contribution in [0.1, 0.15) is 27.8 Å². The van der Waals surface area contributed by atoms with Crippen molar-refractivity contribution < 1.29 is 20.4 Å². The summed E-state index contributed by atoms with van der Waals surface area (Å²) in [5.41, 5.74) is 18.9. The molecule has 0 spiro atoms. The molecule has 3 aromatic heterocycles. The lowest BCUT2D eigenvalue weighted by molar-refractivity contribution is 0.262. The van der Waals surface area contributed by atoms with Crippen LogP contribution in [0.4, 0.5) is 33.6 Å². The van der Waals surface area contributed by atoms with Gasteiger partial charge in [0, 0.05) is 37.4 Å². The minimum absolute atomic E-state index is 0.121. The number of benzene rings is 3. The van der Waals surface area contributed by atoms with Gasteiger partial charge in [0.1, 0.15) is 56.2 Å². The lowest BCUT2D eigenvalue weighted by Gasteiger charge is -2.14. The van der Waals surface area contributed by atoms with E-state index in [-0.39, 0.29) is 25.5 Å². The number of pyridine rings is 2. The standard InChI is InChI=1S/C26H26Cl2N6O3.C11H9Cl2N3O.CH3I/c1-26(2,3)20-14-22(34(33-20)15-5-7-16(36-4)8-6-15)32-25(35)31-18-9-10-19(24(28)23(18)27)37-17-11-12-30-21(29)13-17;12-10-7(14)1-2-8(11(10)13)17-6-3-4-16-9(15)5-6;1-2/h5-14H,1-4H3,(H2,29,30)(H2,31,32,35);1-5H,14H2,(H2,15,16);1H3/i;;1D. The van der Waals surface area contributed by atoms with Gasteiger partial charge in [0.25, 0.3) is 0 Å². The molecule has 0 aliphatic carbocycles. The number of alkyl halides is 1. The molecule has 0 radical (unpaired) electrons. The fraction of sp³-hybridized carbons (Fsp3) is 0.158. The van der Waals surface area contributed by atoms with Crippen LogP contribution in [0.15, 0.2) is 91.3 Å². The van der Waals surface area contributed by atoms with Crippen molar-refractivity contribution in [3.05, 3.63) is 117 Å². The third kappa shape index (κ3) is 11.6. The minimum Gasteiger partial charge on any atom is -0.497 e. The van der Waals surface area contributed by atoms with E-state index in [2.05, 4.69) is 20.6 Å². The highest BCUT2D eigenvalue weighted by Gasteiger charge is 2.22. The van der Waals surface area contributed by atoms with Crippen LogP contribution in [0.25, 0.3) is 5.69 Å². The SMILES string of the molecule is COc1ccc(-n2nc(C(C)(C)C)cc2NC(=O)Nc2ccc(Oc3ccnc(N)c3)c(Cl)c2Cl)cc1.Nc1cc(Oc2ccc(N)c(Cl)c2Cl)ccn1.[2H]CI.